The molecule has 3 aliphatic rings. The number of hydrogen-bond donors (Lipinski definition) is 2. The molecule has 5 rings (SSSR count). The lowest BCUT2D eigenvalue weighted by Gasteiger charge is -2.54. The van der Waals surface area contributed by atoms with Crippen LogP contribution in [0.1, 0.15) is 131 Å². The Labute approximate surface area is 254 Å². The molecule has 2 saturated carbocycles. The number of carbonyl (C=O) groups excluding carboxylic acids is 1. The normalized spacial score (nSPS) is 28.1. The van der Waals surface area contributed by atoms with Gasteiger partial charge in [-0.2, -0.15) is 0 Å². The van der Waals surface area contributed by atoms with Crippen LogP contribution in [0.25, 0.3) is 0 Å². The second-order valence-corrected chi connectivity index (χ2v) is 14.2. The van der Waals surface area contributed by atoms with E-state index in [2.05, 4.69) is 44.2 Å². The number of phenolic OH excluding ortho intramolecular Hbond substituents is 1. The molecule has 2 aromatic rings. The fraction of sp³-hybridized carbons (Fsp3) is 0.658. The first kappa shape index (κ1) is 31.1. The number of aliphatic hydroxyl groups is 1. The number of hydrogen-bond acceptors (Lipinski definition) is 3. The van der Waals surface area contributed by atoms with Crippen molar-refractivity contribution in [3.8, 4) is 5.75 Å². The van der Waals surface area contributed by atoms with E-state index < -0.39 is 0 Å². The van der Waals surface area contributed by atoms with Gasteiger partial charge in [0.05, 0.1) is 6.10 Å². The lowest BCUT2D eigenvalue weighted by atomic mass is 9.51. The molecule has 6 atom stereocenters. The molecule has 4 heteroatoms. The topological polar surface area (TPSA) is 60.8 Å². The highest BCUT2D eigenvalue weighted by Gasteiger charge is 2.57. The van der Waals surface area contributed by atoms with E-state index in [0.29, 0.717) is 41.7 Å². The molecule has 0 unspecified atom stereocenters. The minimum atomic E-state index is -0.195. The van der Waals surface area contributed by atoms with Gasteiger partial charge >= 0.3 is 0 Å². The Balaban J connectivity index is 1.14. The minimum Gasteiger partial charge on any atom is -0.508 e. The molecule has 0 saturated heterocycles. The average molecular weight is 574 g/mol. The van der Waals surface area contributed by atoms with Crippen LogP contribution in [0.5, 0.6) is 5.75 Å². The molecule has 0 aliphatic heterocycles. The number of aliphatic hydroxyl groups excluding tert-OH is 1. The maximum atomic E-state index is 12.2. The molecule has 4 nitrogen and oxygen atoms in total. The molecule has 1 amide bonds. The number of carbonyl (C=O) groups is 1. The summed E-state index contributed by atoms with van der Waals surface area (Å²) in [6.07, 6.45) is 16.3. The van der Waals surface area contributed by atoms with E-state index in [1.165, 1.54) is 47.9 Å². The number of aromatic hydroxyl groups is 1. The fourth-order valence-electron chi connectivity index (χ4n) is 8.95. The number of aryl methyl sites for hydroxylation is 2. The highest BCUT2D eigenvalue weighted by molar-refractivity contribution is 5.75. The van der Waals surface area contributed by atoms with Gasteiger partial charge in [-0.05, 0) is 121 Å². The molecule has 0 aromatic heterocycles. The van der Waals surface area contributed by atoms with E-state index in [4.69, 9.17) is 0 Å². The van der Waals surface area contributed by atoms with E-state index >= 15 is 0 Å². The van der Waals surface area contributed by atoms with Gasteiger partial charge in [-0.25, -0.2) is 0 Å². The molecule has 2 fully saturated rings. The summed E-state index contributed by atoms with van der Waals surface area (Å²) in [6, 6.07) is 15.5. The number of benzene rings is 2. The monoisotopic (exact) mass is 573 g/mol. The van der Waals surface area contributed by atoms with Crippen LogP contribution in [0, 0.1) is 17.3 Å². The third-order valence-electron chi connectivity index (χ3n) is 11.5. The molecular weight excluding hydrogens is 518 g/mol. The fourth-order valence-corrected chi connectivity index (χ4v) is 8.95. The quantitative estimate of drug-likeness (QED) is 0.236. The van der Waals surface area contributed by atoms with Crippen molar-refractivity contribution in [3.05, 3.63) is 64.7 Å². The van der Waals surface area contributed by atoms with Crippen molar-refractivity contribution in [2.24, 2.45) is 17.3 Å². The largest absolute Gasteiger partial charge is 0.508 e. The van der Waals surface area contributed by atoms with Crippen LogP contribution >= 0.6 is 0 Å². The number of amides is 1. The van der Waals surface area contributed by atoms with Crippen LogP contribution in [0.4, 0.5) is 0 Å². The van der Waals surface area contributed by atoms with Gasteiger partial charge in [-0.15, -0.1) is 0 Å². The van der Waals surface area contributed by atoms with E-state index in [-0.39, 0.29) is 11.5 Å². The van der Waals surface area contributed by atoms with Crippen molar-refractivity contribution in [1.29, 1.82) is 0 Å². The summed E-state index contributed by atoms with van der Waals surface area (Å²) in [6.45, 7) is 5.42. The van der Waals surface area contributed by atoms with Gasteiger partial charge in [-0.3, -0.25) is 4.79 Å². The Bertz CT molecular complexity index is 1180. The Morgan fingerprint density at radius 1 is 0.952 bits per heavy atom. The first-order chi connectivity index (χ1) is 20.3. The maximum absolute atomic E-state index is 12.2. The molecular formula is C38H55NO3. The van der Waals surface area contributed by atoms with Crippen LogP contribution in [0.2, 0.25) is 0 Å². The number of unbranched alkanes of at least 4 members (excludes halogenated alkanes) is 6. The van der Waals surface area contributed by atoms with Gasteiger partial charge < -0.3 is 15.1 Å². The van der Waals surface area contributed by atoms with Gasteiger partial charge in [0.25, 0.3) is 0 Å². The predicted octanol–water partition coefficient (Wildman–Crippen LogP) is 8.53. The molecule has 42 heavy (non-hydrogen) atoms. The molecule has 230 valence electrons. The smallest absolute Gasteiger partial charge is 0.222 e. The van der Waals surface area contributed by atoms with Crippen molar-refractivity contribution in [1.82, 2.24) is 4.90 Å². The van der Waals surface area contributed by atoms with Crippen LogP contribution in [-0.2, 0) is 17.6 Å². The summed E-state index contributed by atoms with van der Waals surface area (Å²) in [5.41, 5.74) is 5.60. The summed E-state index contributed by atoms with van der Waals surface area (Å²) in [5, 5.41) is 21.3. The molecule has 0 radical (unpaired) electrons. The summed E-state index contributed by atoms with van der Waals surface area (Å²) in [7, 11) is 1.94. The van der Waals surface area contributed by atoms with Gasteiger partial charge in [0.15, 0.2) is 0 Å². The predicted molar refractivity (Wildman–Crippen MR) is 172 cm³/mol. The van der Waals surface area contributed by atoms with Crippen molar-refractivity contribution in [2.45, 2.75) is 128 Å². The molecule has 3 aliphatic carbocycles. The maximum Gasteiger partial charge on any atom is 0.222 e. The third kappa shape index (κ3) is 6.74. The van der Waals surface area contributed by atoms with E-state index in [1.54, 1.807) is 0 Å². The zero-order valence-corrected chi connectivity index (χ0v) is 26.5. The van der Waals surface area contributed by atoms with E-state index in [9.17, 15) is 15.0 Å². The van der Waals surface area contributed by atoms with Gasteiger partial charge in [-0.1, -0.05) is 76.3 Å². The summed E-state index contributed by atoms with van der Waals surface area (Å²) < 4.78 is 0. The summed E-state index contributed by atoms with van der Waals surface area (Å²) in [4.78, 5) is 14.1. The van der Waals surface area contributed by atoms with Gasteiger partial charge in [0, 0.05) is 20.0 Å². The number of phenols is 1. The highest BCUT2D eigenvalue weighted by atomic mass is 16.3. The van der Waals surface area contributed by atoms with Crippen LogP contribution < -0.4 is 0 Å². The Kier molecular flexibility index (Phi) is 10.3. The molecule has 0 spiro atoms. The third-order valence-corrected chi connectivity index (χ3v) is 11.5. The zero-order valence-electron chi connectivity index (χ0n) is 26.5. The number of fused-ring (bicyclic) bond motifs is 5. The Morgan fingerprint density at radius 2 is 1.69 bits per heavy atom. The van der Waals surface area contributed by atoms with Gasteiger partial charge in [0.2, 0.25) is 5.91 Å². The lowest BCUT2D eigenvalue weighted by molar-refractivity contribution is -0.130. The van der Waals surface area contributed by atoms with E-state index in [1.807, 2.05) is 24.1 Å². The zero-order chi connectivity index (χ0) is 29.7. The summed E-state index contributed by atoms with van der Waals surface area (Å²) >= 11 is 0. The van der Waals surface area contributed by atoms with Crippen molar-refractivity contribution in [2.75, 3.05) is 13.6 Å². The number of rotatable bonds is 13. The lowest BCUT2D eigenvalue weighted by Crippen LogP contribution is -2.47. The minimum absolute atomic E-state index is 0.00279. The summed E-state index contributed by atoms with van der Waals surface area (Å²) in [5.74, 6) is 2.74. The molecule has 2 N–H and O–H groups in total. The second-order valence-electron chi connectivity index (χ2n) is 14.2. The van der Waals surface area contributed by atoms with Crippen LogP contribution in [0.3, 0.4) is 0 Å². The Morgan fingerprint density at radius 3 is 2.45 bits per heavy atom. The van der Waals surface area contributed by atoms with Gasteiger partial charge in [0.1, 0.15) is 5.75 Å². The van der Waals surface area contributed by atoms with Crippen LogP contribution in [-0.4, -0.2) is 40.7 Å². The number of nitrogens with zero attached hydrogens (tertiary/aromatic N) is 1. The first-order valence-electron chi connectivity index (χ1n) is 17.1. The highest BCUT2D eigenvalue weighted by Crippen LogP contribution is 2.65. The average Bonchev–Trinajstić information content (AvgIpc) is 3.30. The van der Waals surface area contributed by atoms with Crippen molar-refractivity contribution >= 4 is 5.91 Å². The molecule has 0 heterocycles. The SMILES string of the molecule is CCCCN(C)C(=O)CCCCCCCCc1ccc([C@H]2C[C@]3(C)[C@@H](O)CC[C@H]3[C@@H]3CCc4cc(O)ccc4[C@H]32)cc1. The first-order valence-corrected chi connectivity index (χ1v) is 17.1. The standard InChI is InChI=1S/C38H55NO3/c1-4-5-24-39(3)36(42)13-11-9-7-6-8-10-12-27-14-16-28(17-15-27)33-26-38(2)34(22-23-35(38)41)32-20-18-29-25-30(40)19-21-31(29)37(32)33/h14-17,19,21,25,32-35,37,40-41H,4-13,18,20,22-24,26H2,1-3H3/t32-,33+,34-,35-,37+,38-/m0/s1. The molecule has 0 bridgehead atoms. The van der Waals surface area contributed by atoms with Crippen molar-refractivity contribution in [3.63, 3.8) is 0 Å². The Hall–Kier alpha value is -2.33. The van der Waals surface area contributed by atoms with E-state index in [0.717, 1.165) is 70.8 Å². The van der Waals surface area contributed by atoms with Crippen LogP contribution in [0.15, 0.2) is 42.5 Å². The van der Waals surface area contributed by atoms with Crippen molar-refractivity contribution < 1.29 is 15.0 Å². The molecule has 2 aromatic carbocycles. The second kappa shape index (κ2) is 14.0.